The Balaban J connectivity index is 1.41. The van der Waals surface area contributed by atoms with E-state index in [2.05, 4.69) is 9.97 Å². The van der Waals surface area contributed by atoms with Crippen LogP contribution in [0.4, 0.5) is 0 Å². The molecule has 0 aliphatic rings. The molecule has 0 spiro atoms. The topological polar surface area (TPSA) is 85.1 Å². The highest BCUT2D eigenvalue weighted by Gasteiger charge is 2.10. The molecule has 0 unspecified atom stereocenters. The molecule has 0 bridgehead atoms. The zero-order chi connectivity index (χ0) is 20.8. The standard InChI is InChI=1S/C22H13N3O3S2/c23-14-27-21-10-7-18(29-21)16-12-25-17(13-24-16)19-8-11-22(30-19)28-20(26)9-6-15-4-2-1-3-5-15/h1-13H. The van der Waals surface area contributed by atoms with E-state index in [0.29, 0.717) is 21.5 Å². The Morgan fingerprint density at radius 1 is 0.900 bits per heavy atom. The van der Waals surface area contributed by atoms with E-state index >= 15 is 0 Å². The fourth-order valence-electron chi connectivity index (χ4n) is 2.51. The van der Waals surface area contributed by atoms with Crippen LogP contribution < -0.4 is 9.47 Å². The molecule has 3 aromatic heterocycles. The molecule has 4 rings (SSSR count). The lowest BCUT2D eigenvalue weighted by Gasteiger charge is -1.99. The summed E-state index contributed by atoms with van der Waals surface area (Å²) >= 11 is 2.63. The van der Waals surface area contributed by atoms with Crippen molar-refractivity contribution in [3.05, 3.63) is 78.6 Å². The Morgan fingerprint density at radius 2 is 1.53 bits per heavy atom. The number of ether oxygens (including phenoxy) is 2. The number of hydrogen-bond donors (Lipinski definition) is 0. The van der Waals surface area contributed by atoms with Crippen LogP contribution >= 0.6 is 22.7 Å². The molecule has 0 atom stereocenters. The predicted molar refractivity (Wildman–Crippen MR) is 116 cm³/mol. The monoisotopic (exact) mass is 431 g/mol. The number of carbonyl (C=O) groups is 1. The lowest BCUT2D eigenvalue weighted by molar-refractivity contribution is -0.128. The van der Waals surface area contributed by atoms with E-state index < -0.39 is 5.97 Å². The lowest BCUT2D eigenvalue weighted by atomic mass is 10.2. The molecule has 146 valence electrons. The number of benzene rings is 1. The Hall–Kier alpha value is -3.80. The Bertz CT molecular complexity index is 1220. The molecule has 0 radical (unpaired) electrons. The predicted octanol–water partition coefficient (Wildman–Crippen LogP) is 5.41. The number of carbonyl (C=O) groups excluding carboxylic acids is 1. The summed E-state index contributed by atoms with van der Waals surface area (Å²) in [6, 6.07) is 16.6. The molecule has 0 N–H and O–H groups in total. The summed E-state index contributed by atoms with van der Waals surface area (Å²) in [6.45, 7) is 0. The fourth-order valence-corrected chi connectivity index (χ4v) is 4.11. The Kier molecular flexibility index (Phi) is 5.94. The van der Waals surface area contributed by atoms with Gasteiger partial charge >= 0.3 is 5.97 Å². The van der Waals surface area contributed by atoms with Gasteiger partial charge in [0.05, 0.1) is 33.5 Å². The SMILES string of the molecule is N#COc1ccc(-c2cnc(-c3ccc(OC(=O)C=Cc4ccccc4)s3)cn2)s1. The molecule has 1 aromatic carbocycles. The van der Waals surface area contributed by atoms with Crippen molar-refractivity contribution < 1.29 is 14.3 Å². The van der Waals surface area contributed by atoms with Gasteiger partial charge in [0.25, 0.3) is 6.26 Å². The van der Waals surface area contributed by atoms with Gasteiger partial charge in [-0.2, -0.15) is 0 Å². The van der Waals surface area contributed by atoms with E-state index in [-0.39, 0.29) is 0 Å². The average molecular weight is 431 g/mol. The van der Waals surface area contributed by atoms with Gasteiger partial charge in [-0.15, -0.1) is 5.26 Å². The lowest BCUT2D eigenvalue weighted by Crippen LogP contribution is -2.01. The van der Waals surface area contributed by atoms with Crippen molar-refractivity contribution in [2.24, 2.45) is 0 Å². The van der Waals surface area contributed by atoms with Crippen molar-refractivity contribution in [1.29, 1.82) is 5.26 Å². The number of rotatable bonds is 6. The summed E-state index contributed by atoms with van der Waals surface area (Å²) in [4.78, 5) is 22.6. The summed E-state index contributed by atoms with van der Waals surface area (Å²) in [6.07, 6.45) is 8.07. The van der Waals surface area contributed by atoms with Crippen molar-refractivity contribution in [1.82, 2.24) is 9.97 Å². The molecule has 0 amide bonds. The number of hydrogen-bond acceptors (Lipinski definition) is 8. The van der Waals surface area contributed by atoms with Crippen LogP contribution in [0.3, 0.4) is 0 Å². The molecule has 4 aromatic rings. The molecule has 0 aliphatic heterocycles. The van der Waals surface area contributed by atoms with Crippen LogP contribution in [0.5, 0.6) is 10.1 Å². The number of esters is 1. The van der Waals surface area contributed by atoms with Crippen molar-refractivity contribution in [3.8, 4) is 37.5 Å². The maximum absolute atomic E-state index is 12.0. The van der Waals surface area contributed by atoms with Gasteiger partial charge in [-0.1, -0.05) is 53.0 Å². The van der Waals surface area contributed by atoms with Gasteiger partial charge in [-0.05, 0) is 35.9 Å². The molecule has 6 nitrogen and oxygen atoms in total. The number of thiophene rings is 2. The summed E-state index contributed by atoms with van der Waals surface area (Å²) < 4.78 is 10.2. The maximum atomic E-state index is 12.0. The normalized spacial score (nSPS) is 10.6. The van der Waals surface area contributed by atoms with Crippen molar-refractivity contribution >= 4 is 34.7 Å². The number of nitriles is 1. The maximum Gasteiger partial charge on any atom is 0.336 e. The van der Waals surface area contributed by atoms with Gasteiger partial charge in [0.2, 0.25) is 0 Å². The molecule has 0 aliphatic carbocycles. The molecular formula is C22H13N3O3S2. The second kappa shape index (κ2) is 9.13. The highest BCUT2D eigenvalue weighted by Crippen LogP contribution is 2.34. The minimum atomic E-state index is -0.443. The Morgan fingerprint density at radius 3 is 2.17 bits per heavy atom. The minimum absolute atomic E-state index is 0.443. The second-order valence-electron chi connectivity index (χ2n) is 5.88. The van der Waals surface area contributed by atoms with E-state index in [1.165, 1.54) is 28.7 Å². The van der Waals surface area contributed by atoms with Gasteiger partial charge in [-0.25, -0.2) is 4.79 Å². The first kappa shape index (κ1) is 19.5. The third-order valence-electron chi connectivity index (χ3n) is 3.88. The average Bonchev–Trinajstić information content (AvgIpc) is 3.43. The van der Waals surface area contributed by atoms with Crippen LogP contribution in [0, 0.1) is 11.5 Å². The largest absolute Gasteiger partial charge is 0.412 e. The highest BCUT2D eigenvalue weighted by molar-refractivity contribution is 7.17. The summed E-state index contributed by atoms with van der Waals surface area (Å²) in [5, 5.41) is 9.56. The van der Waals surface area contributed by atoms with E-state index in [0.717, 1.165) is 15.3 Å². The quantitative estimate of drug-likeness (QED) is 0.230. The van der Waals surface area contributed by atoms with E-state index in [1.807, 2.05) is 42.5 Å². The van der Waals surface area contributed by atoms with Crippen molar-refractivity contribution in [3.63, 3.8) is 0 Å². The fraction of sp³-hybridized carbons (Fsp3) is 0. The van der Waals surface area contributed by atoms with Crippen LogP contribution in [0.25, 0.3) is 27.2 Å². The van der Waals surface area contributed by atoms with Crippen LogP contribution in [-0.2, 0) is 4.79 Å². The van der Waals surface area contributed by atoms with Gasteiger partial charge in [0.15, 0.2) is 10.1 Å². The smallest absolute Gasteiger partial charge is 0.336 e. The molecule has 30 heavy (non-hydrogen) atoms. The zero-order valence-corrected chi connectivity index (χ0v) is 17.0. The second-order valence-corrected chi connectivity index (χ2v) is 7.98. The minimum Gasteiger partial charge on any atom is -0.412 e. The summed E-state index contributed by atoms with van der Waals surface area (Å²) in [5.41, 5.74) is 2.29. The van der Waals surface area contributed by atoms with Crippen LogP contribution in [0.15, 0.2) is 73.1 Å². The molecular weight excluding hydrogens is 418 g/mol. The van der Waals surface area contributed by atoms with Crippen molar-refractivity contribution in [2.45, 2.75) is 0 Å². The van der Waals surface area contributed by atoms with Crippen LogP contribution in [0.1, 0.15) is 5.56 Å². The first-order chi connectivity index (χ1) is 14.7. The van der Waals surface area contributed by atoms with E-state index in [4.69, 9.17) is 14.7 Å². The summed E-state index contributed by atoms with van der Waals surface area (Å²) in [5.74, 6) is -0.443. The van der Waals surface area contributed by atoms with Gasteiger partial charge < -0.3 is 9.47 Å². The Labute approximate surface area is 180 Å². The van der Waals surface area contributed by atoms with Gasteiger partial charge in [0, 0.05) is 6.08 Å². The number of aromatic nitrogens is 2. The van der Waals surface area contributed by atoms with Crippen LogP contribution in [-0.4, -0.2) is 15.9 Å². The van der Waals surface area contributed by atoms with Gasteiger partial charge in [-0.3, -0.25) is 9.97 Å². The first-order valence-electron chi connectivity index (χ1n) is 8.74. The molecule has 0 saturated carbocycles. The van der Waals surface area contributed by atoms with E-state index in [9.17, 15) is 4.79 Å². The molecule has 8 heteroatoms. The molecule has 3 heterocycles. The van der Waals surface area contributed by atoms with Gasteiger partial charge in [0.1, 0.15) is 0 Å². The number of nitrogens with zero attached hydrogens (tertiary/aromatic N) is 3. The third kappa shape index (κ3) is 4.78. The van der Waals surface area contributed by atoms with Crippen LogP contribution in [0.2, 0.25) is 0 Å². The van der Waals surface area contributed by atoms with E-state index in [1.54, 1.807) is 36.9 Å². The molecule has 0 fully saturated rings. The third-order valence-corrected chi connectivity index (χ3v) is 5.85. The first-order valence-corrected chi connectivity index (χ1v) is 10.4. The van der Waals surface area contributed by atoms with Crippen molar-refractivity contribution in [2.75, 3.05) is 0 Å². The summed E-state index contributed by atoms with van der Waals surface area (Å²) in [7, 11) is 0. The highest BCUT2D eigenvalue weighted by atomic mass is 32.1. The molecule has 0 saturated heterocycles. The zero-order valence-electron chi connectivity index (χ0n) is 15.4.